The highest BCUT2D eigenvalue weighted by atomic mass is 35.5. The number of amides is 1. The lowest BCUT2D eigenvalue weighted by molar-refractivity contribution is -0.118. The summed E-state index contributed by atoms with van der Waals surface area (Å²) >= 11 is 5.81. The molecule has 18 heavy (non-hydrogen) atoms. The van der Waals surface area contributed by atoms with Crippen LogP contribution in [0.1, 0.15) is 6.92 Å². The van der Waals surface area contributed by atoms with E-state index in [9.17, 15) is 13.2 Å². The first-order chi connectivity index (χ1) is 8.34. The smallest absolute Gasteiger partial charge is 0.244 e. The molecular formula is C10H14ClN3O3S. The minimum absolute atomic E-state index is 0.0574. The molecule has 0 aliphatic rings. The number of halogens is 1. The predicted molar refractivity (Wildman–Crippen MR) is 69.7 cm³/mol. The van der Waals surface area contributed by atoms with E-state index in [1.165, 1.54) is 19.1 Å². The molecule has 1 aromatic rings. The van der Waals surface area contributed by atoms with E-state index in [0.717, 1.165) is 0 Å². The van der Waals surface area contributed by atoms with Crippen molar-refractivity contribution >= 4 is 33.2 Å². The molecule has 0 unspecified atom stereocenters. The van der Waals surface area contributed by atoms with Gasteiger partial charge in [-0.15, -0.1) is 0 Å². The van der Waals surface area contributed by atoms with Crippen molar-refractivity contribution < 1.29 is 13.2 Å². The van der Waals surface area contributed by atoms with Crippen LogP contribution in [0.3, 0.4) is 0 Å². The van der Waals surface area contributed by atoms with Crippen molar-refractivity contribution in [2.45, 2.75) is 11.8 Å². The van der Waals surface area contributed by atoms with Crippen LogP contribution in [0.25, 0.3) is 0 Å². The Hall–Kier alpha value is -1.31. The normalized spacial score (nSPS) is 11.2. The number of nitrogens with one attached hydrogen (secondary N) is 2. The fourth-order valence-corrected chi connectivity index (χ4v) is 3.01. The number of anilines is 1. The number of carbonyl (C=O) groups excluding carboxylic acids is 1. The Labute approximate surface area is 111 Å². The Kier molecular flexibility index (Phi) is 4.94. The number of nitrogen functional groups attached to an aromatic ring is 1. The topological polar surface area (TPSA) is 101 Å². The zero-order chi connectivity index (χ0) is 13.8. The van der Waals surface area contributed by atoms with Gasteiger partial charge in [0.2, 0.25) is 15.9 Å². The second-order valence-electron chi connectivity index (χ2n) is 3.54. The van der Waals surface area contributed by atoms with Gasteiger partial charge >= 0.3 is 0 Å². The van der Waals surface area contributed by atoms with Crippen molar-refractivity contribution in [2.75, 3.05) is 18.8 Å². The maximum absolute atomic E-state index is 11.9. The summed E-state index contributed by atoms with van der Waals surface area (Å²) in [6, 6.07) is 4.46. The minimum atomic E-state index is -3.78. The van der Waals surface area contributed by atoms with Crippen molar-refractivity contribution in [2.24, 2.45) is 0 Å². The Morgan fingerprint density at radius 1 is 1.39 bits per heavy atom. The SMILES string of the molecule is CC(=O)NCCNS(=O)(=O)c1c(N)cccc1Cl. The van der Waals surface area contributed by atoms with Crippen LogP contribution in [0.15, 0.2) is 23.1 Å². The Bertz CT molecular complexity index is 525. The van der Waals surface area contributed by atoms with Gasteiger partial charge < -0.3 is 11.1 Å². The summed E-state index contributed by atoms with van der Waals surface area (Å²) in [5.74, 6) is -0.230. The van der Waals surface area contributed by atoms with Crippen molar-refractivity contribution in [1.82, 2.24) is 10.0 Å². The van der Waals surface area contributed by atoms with E-state index < -0.39 is 10.0 Å². The third-order valence-corrected chi connectivity index (χ3v) is 4.06. The summed E-state index contributed by atoms with van der Waals surface area (Å²) in [6.45, 7) is 1.60. The van der Waals surface area contributed by atoms with Crippen LogP contribution in [0.5, 0.6) is 0 Å². The fourth-order valence-electron chi connectivity index (χ4n) is 1.31. The average Bonchev–Trinajstić information content (AvgIpc) is 2.23. The molecule has 0 spiro atoms. The van der Waals surface area contributed by atoms with E-state index in [0.29, 0.717) is 0 Å². The van der Waals surface area contributed by atoms with Crippen molar-refractivity contribution in [3.05, 3.63) is 23.2 Å². The van der Waals surface area contributed by atoms with Crippen LogP contribution in [0, 0.1) is 0 Å². The molecule has 1 aromatic carbocycles. The minimum Gasteiger partial charge on any atom is -0.398 e. The van der Waals surface area contributed by atoms with Gasteiger partial charge in [0.15, 0.2) is 0 Å². The van der Waals surface area contributed by atoms with Crippen LogP contribution in [0.2, 0.25) is 5.02 Å². The quantitative estimate of drug-likeness (QED) is 0.538. The molecule has 0 atom stereocenters. The van der Waals surface area contributed by atoms with Gasteiger partial charge in [-0.05, 0) is 12.1 Å². The average molecular weight is 292 g/mol. The highest BCUT2D eigenvalue weighted by Crippen LogP contribution is 2.26. The molecule has 0 saturated carbocycles. The molecule has 1 amide bonds. The molecule has 0 saturated heterocycles. The van der Waals surface area contributed by atoms with Gasteiger partial charge in [0.25, 0.3) is 0 Å². The van der Waals surface area contributed by atoms with Crippen molar-refractivity contribution in [3.63, 3.8) is 0 Å². The molecule has 0 heterocycles. The summed E-state index contributed by atoms with van der Waals surface area (Å²) in [4.78, 5) is 10.5. The molecular weight excluding hydrogens is 278 g/mol. The molecule has 4 N–H and O–H groups in total. The largest absolute Gasteiger partial charge is 0.398 e. The van der Waals surface area contributed by atoms with E-state index in [1.807, 2.05) is 0 Å². The van der Waals surface area contributed by atoms with E-state index in [-0.39, 0.29) is 34.6 Å². The molecule has 8 heteroatoms. The third kappa shape index (κ3) is 3.86. The molecule has 0 aromatic heterocycles. The molecule has 0 radical (unpaired) electrons. The molecule has 0 aliphatic heterocycles. The highest BCUT2D eigenvalue weighted by Gasteiger charge is 2.20. The lowest BCUT2D eigenvalue weighted by Gasteiger charge is -2.10. The molecule has 0 aliphatic carbocycles. The van der Waals surface area contributed by atoms with Crippen LogP contribution in [-0.4, -0.2) is 27.4 Å². The summed E-state index contributed by atoms with van der Waals surface area (Å²) < 4.78 is 26.2. The number of nitrogens with two attached hydrogens (primary N) is 1. The Morgan fingerprint density at radius 3 is 2.61 bits per heavy atom. The number of hydrogen-bond acceptors (Lipinski definition) is 4. The Morgan fingerprint density at radius 2 is 2.06 bits per heavy atom. The van der Waals surface area contributed by atoms with Gasteiger partial charge in [-0.3, -0.25) is 4.79 Å². The number of benzene rings is 1. The zero-order valence-electron chi connectivity index (χ0n) is 9.73. The summed E-state index contributed by atoms with van der Waals surface area (Å²) in [5, 5.41) is 2.53. The van der Waals surface area contributed by atoms with Gasteiger partial charge in [0, 0.05) is 20.0 Å². The molecule has 1 rings (SSSR count). The highest BCUT2D eigenvalue weighted by molar-refractivity contribution is 7.89. The summed E-state index contributed by atoms with van der Waals surface area (Å²) in [6.07, 6.45) is 0. The van der Waals surface area contributed by atoms with Gasteiger partial charge in [-0.2, -0.15) is 0 Å². The Balaban J connectivity index is 2.78. The van der Waals surface area contributed by atoms with Crippen LogP contribution < -0.4 is 15.8 Å². The molecule has 6 nitrogen and oxygen atoms in total. The van der Waals surface area contributed by atoms with Gasteiger partial charge in [0.1, 0.15) is 4.90 Å². The number of hydrogen-bond donors (Lipinski definition) is 3. The number of sulfonamides is 1. The second-order valence-corrected chi connectivity index (χ2v) is 5.65. The van der Waals surface area contributed by atoms with Crippen LogP contribution in [0.4, 0.5) is 5.69 Å². The standard InChI is InChI=1S/C10H14ClN3O3S/c1-7(15)13-5-6-14-18(16,17)10-8(11)3-2-4-9(10)12/h2-4,14H,5-6,12H2,1H3,(H,13,15). The van der Waals surface area contributed by atoms with Crippen LogP contribution >= 0.6 is 11.6 Å². The van der Waals surface area contributed by atoms with Crippen molar-refractivity contribution in [1.29, 1.82) is 0 Å². The monoisotopic (exact) mass is 291 g/mol. The summed E-state index contributed by atoms with van der Waals surface area (Å²) in [5.41, 5.74) is 5.66. The van der Waals surface area contributed by atoms with Gasteiger partial charge in [-0.25, -0.2) is 13.1 Å². The van der Waals surface area contributed by atoms with E-state index in [4.69, 9.17) is 17.3 Å². The fraction of sp³-hybridized carbons (Fsp3) is 0.300. The molecule has 100 valence electrons. The first kappa shape index (κ1) is 14.7. The zero-order valence-corrected chi connectivity index (χ0v) is 11.3. The van der Waals surface area contributed by atoms with Gasteiger partial charge in [-0.1, -0.05) is 17.7 Å². The first-order valence-corrected chi connectivity index (χ1v) is 6.99. The van der Waals surface area contributed by atoms with Crippen molar-refractivity contribution in [3.8, 4) is 0 Å². The van der Waals surface area contributed by atoms with Crippen LogP contribution in [-0.2, 0) is 14.8 Å². The first-order valence-electron chi connectivity index (χ1n) is 5.12. The van der Waals surface area contributed by atoms with Gasteiger partial charge in [0.05, 0.1) is 10.7 Å². The molecule has 0 bridgehead atoms. The lowest BCUT2D eigenvalue weighted by Crippen LogP contribution is -2.34. The van der Waals surface area contributed by atoms with E-state index in [1.54, 1.807) is 6.07 Å². The van der Waals surface area contributed by atoms with E-state index >= 15 is 0 Å². The maximum Gasteiger partial charge on any atom is 0.244 e. The summed E-state index contributed by atoms with van der Waals surface area (Å²) in [7, 11) is -3.78. The number of rotatable bonds is 5. The molecule has 0 fully saturated rings. The third-order valence-electron chi connectivity index (χ3n) is 2.06. The number of carbonyl (C=O) groups is 1. The van der Waals surface area contributed by atoms with E-state index in [2.05, 4.69) is 10.0 Å². The predicted octanol–water partition coefficient (Wildman–Crippen LogP) is 0.337. The lowest BCUT2D eigenvalue weighted by atomic mass is 10.3. The second kappa shape index (κ2) is 6.03. The maximum atomic E-state index is 11.9.